The zero-order valence-corrected chi connectivity index (χ0v) is 9.80. The van der Waals surface area contributed by atoms with Gasteiger partial charge in [-0.25, -0.2) is 0 Å². The normalized spacial score (nSPS) is 11.3. The zero-order chi connectivity index (χ0) is 13.1. The monoisotopic (exact) mass is 240 g/mol. The molecule has 1 rings (SSSR count). The summed E-state index contributed by atoms with van der Waals surface area (Å²) >= 11 is 0. The fourth-order valence-corrected chi connectivity index (χ4v) is 1.35. The highest BCUT2D eigenvalue weighted by Crippen LogP contribution is 2.27. The van der Waals surface area contributed by atoms with E-state index < -0.39 is 10.5 Å². The lowest BCUT2D eigenvalue weighted by atomic mass is 10.0. The van der Waals surface area contributed by atoms with Crippen molar-refractivity contribution in [1.82, 2.24) is 0 Å². The van der Waals surface area contributed by atoms with Crippen molar-refractivity contribution in [2.45, 2.75) is 19.4 Å². The van der Waals surface area contributed by atoms with Crippen LogP contribution in [0, 0.1) is 17.0 Å². The van der Waals surface area contributed by atoms with Gasteiger partial charge >= 0.3 is 0 Å². The predicted octanol–water partition coefficient (Wildman–Crippen LogP) is 1.06. The van der Waals surface area contributed by atoms with Gasteiger partial charge in [-0.1, -0.05) is 6.07 Å². The van der Waals surface area contributed by atoms with Gasteiger partial charge in [0.25, 0.3) is 5.69 Å². The van der Waals surface area contributed by atoms with E-state index in [-0.39, 0.29) is 24.6 Å². The van der Waals surface area contributed by atoms with Crippen LogP contribution in [0.4, 0.5) is 11.4 Å². The quantitative estimate of drug-likeness (QED) is 0.528. The van der Waals surface area contributed by atoms with Crippen LogP contribution < -0.4 is 5.32 Å². The Hall–Kier alpha value is -1.66. The van der Waals surface area contributed by atoms with Crippen molar-refractivity contribution in [1.29, 1.82) is 0 Å². The highest BCUT2D eigenvalue weighted by Gasteiger charge is 2.25. The third kappa shape index (κ3) is 3.15. The van der Waals surface area contributed by atoms with Crippen molar-refractivity contribution in [3.05, 3.63) is 33.9 Å². The molecule has 0 heterocycles. The molecule has 3 N–H and O–H groups in total. The van der Waals surface area contributed by atoms with Crippen molar-refractivity contribution >= 4 is 11.4 Å². The third-order valence-electron chi connectivity index (χ3n) is 2.48. The molecular weight excluding hydrogens is 224 g/mol. The summed E-state index contributed by atoms with van der Waals surface area (Å²) in [7, 11) is 0. The topological polar surface area (TPSA) is 95.6 Å². The molecule has 0 fully saturated rings. The van der Waals surface area contributed by atoms with E-state index in [1.54, 1.807) is 26.0 Å². The molecule has 0 aliphatic carbocycles. The van der Waals surface area contributed by atoms with E-state index in [9.17, 15) is 10.1 Å². The summed E-state index contributed by atoms with van der Waals surface area (Å²) < 4.78 is 0. The maximum Gasteiger partial charge on any atom is 0.292 e. The second kappa shape index (κ2) is 5.11. The molecule has 6 heteroatoms. The van der Waals surface area contributed by atoms with Crippen LogP contribution >= 0.6 is 0 Å². The molecule has 0 spiro atoms. The largest absolute Gasteiger partial charge is 0.394 e. The smallest absolute Gasteiger partial charge is 0.292 e. The molecule has 0 bridgehead atoms. The fourth-order valence-electron chi connectivity index (χ4n) is 1.35. The number of aliphatic hydroxyl groups is 2. The highest BCUT2D eigenvalue weighted by atomic mass is 16.6. The Balaban J connectivity index is 3.10. The minimum atomic E-state index is -0.986. The molecule has 0 unspecified atom stereocenters. The van der Waals surface area contributed by atoms with Gasteiger partial charge in [-0.3, -0.25) is 10.1 Å². The second-order valence-corrected chi connectivity index (χ2v) is 4.28. The Morgan fingerprint density at radius 1 is 1.41 bits per heavy atom. The van der Waals surface area contributed by atoms with Gasteiger partial charge in [0.05, 0.1) is 23.7 Å². The van der Waals surface area contributed by atoms with Gasteiger partial charge in [0, 0.05) is 6.07 Å². The number of aliphatic hydroxyl groups excluding tert-OH is 2. The van der Waals surface area contributed by atoms with Crippen molar-refractivity contribution in [2.24, 2.45) is 0 Å². The van der Waals surface area contributed by atoms with Crippen LogP contribution in [-0.2, 0) is 0 Å². The summed E-state index contributed by atoms with van der Waals surface area (Å²) in [6.45, 7) is 2.69. The van der Waals surface area contributed by atoms with E-state index in [4.69, 9.17) is 10.2 Å². The summed E-state index contributed by atoms with van der Waals surface area (Å²) in [5.41, 5.74) is 0.00120. The van der Waals surface area contributed by atoms with Crippen molar-refractivity contribution in [2.75, 3.05) is 18.5 Å². The number of anilines is 1. The first kappa shape index (κ1) is 13.4. The van der Waals surface area contributed by atoms with E-state index in [0.29, 0.717) is 0 Å². The van der Waals surface area contributed by atoms with Crippen LogP contribution in [0.5, 0.6) is 0 Å². The Labute approximate surface area is 99.0 Å². The predicted molar refractivity (Wildman–Crippen MR) is 64.0 cm³/mol. The molecule has 0 amide bonds. The van der Waals surface area contributed by atoms with Gasteiger partial charge in [0.15, 0.2) is 0 Å². The van der Waals surface area contributed by atoms with Gasteiger partial charge in [0.1, 0.15) is 5.69 Å². The lowest BCUT2D eigenvalue weighted by Crippen LogP contribution is -2.42. The standard InChI is InChI=1S/C11H16N2O4/c1-8-3-4-9(10(5-8)13(16)17)12-11(2,6-14)7-15/h3-5,12,14-15H,6-7H2,1-2H3. The SMILES string of the molecule is Cc1ccc(NC(C)(CO)CO)c([N+](=O)[O-])c1. The molecule has 1 aromatic carbocycles. The highest BCUT2D eigenvalue weighted by molar-refractivity contribution is 5.63. The number of rotatable bonds is 5. The molecule has 0 radical (unpaired) electrons. The van der Waals surface area contributed by atoms with E-state index in [0.717, 1.165) is 5.56 Å². The van der Waals surface area contributed by atoms with E-state index in [2.05, 4.69) is 5.32 Å². The number of nitro groups is 1. The lowest BCUT2D eigenvalue weighted by Gasteiger charge is -2.27. The average molecular weight is 240 g/mol. The average Bonchev–Trinajstić information content (AvgIpc) is 2.31. The summed E-state index contributed by atoms with van der Waals surface area (Å²) in [6.07, 6.45) is 0. The lowest BCUT2D eigenvalue weighted by molar-refractivity contribution is -0.384. The van der Waals surface area contributed by atoms with Crippen LogP contribution in [0.2, 0.25) is 0 Å². The fraction of sp³-hybridized carbons (Fsp3) is 0.455. The van der Waals surface area contributed by atoms with Crippen LogP contribution in [0.3, 0.4) is 0 Å². The summed E-state index contributed by atoms with van der Waals surface area (Å²) in [6, 6.07) is 4.74. The summed E-state index contributed by atoms with van der Waals surface area (Å²) in [4.78, 5) is 10.4. The van der Waals surface area contributed by atoms with Crippen LogP contribution in [0.25, 0.3) is 0 Å². The first-order chi connectivity index (χ1) is 7.91. The van der Waals surface area contributed by atoms with Crippen molar-refractivity contribution in [3.8, 4) is 0 Å². The number of benzene rings is 1. The van der Waals surface area contributed by atoms with E-state index in [1.165, 1.54) is 6.07 Å². The van der Waals surface area contributed by atoms with E-state index >= 15 is 0 Å². The van der Waals surface area contributed by atoms with Crippen LogP contribution in [0.15, 0.2) is 18.2 Å². The number of hydrogen-bond acceptors (Lipinski definition) is 5. The Kier molecular flexibility index (Phi) is 4.03. The van der Waals surface area contributed by atoms with Crippen molar-refractivity contribution < 1.29 is 15.1 Å². The minimum Gasteiger partial charge on any atom is -0.394 e. The Morgan fingerprint density at radius 2 is 2.00 bits per heavy atom. The number of nitro benzene ring substituents is 1. The summed E-state index contributed by atoms with van der Waals surface area (Å²) in [5, 5.41) is 31.9. The molecule has 1 aromatic rings. The number of nitrogens with one attached hydrogen (secondary N) is 1. The molecule has 0 aliphatic heterocycles. The molecule has 0 saturated heterocycles. The number of nitrogens with zero attached hydrogens (tertiary/aromatic N) is 1. The molecule has 17 heavy (non-hydrogen) atoms. The zero-order valence-electron chi connectivity index (χ0n) is 9.80. The summed E-state index contributed by atoms with van der Waals surface area (Å²) in [5.74, 6) is 0. The number of hydrogen-bond donors (Lipinski definition) is 3. The van der Waals surface area contributed by atoms with E-state index in [1.807, 2.05) is 0 Å². The minimum absolute atomic E-state index is 0.0712. The van der Waals surface area contributed by atoms with Gasteiger partial charge in [-0.15, -0.1) is 0 Å². The maximum absolute atomic E-state index is 10.9. The van der Waals surface area contributed by atoms with Crippen molar-refractivity contribution in [3.63, 3.8) is 0 Å². The molecule has 0 aliphatic rings. The van der Waals surface area contributed by atoms with Crippen LogP contribution in [-0.4, -0.2) is 33.9 Å². The molecule has 0 saturated carbocycles. The number of aryl methyl sites for hydroxylation is 1. The van der Waals surface area contributed by atoms with Gasteiger partial charge in [0.2, 0.25) is 0 Å². The Morgan fingerprint density at radius 3 is 2.47 bits per heavy atom. The molecule has 6 nitrogen and oxygen atoms in total. The first-order valence-electron chi connectivity index (χ1n) is 5.17. The molecule has 94 valence electrons. The molecule has 0 aromatic heterocycles. The third-order valence-corrected chi connectivity index (χ3v) is 2.48. The Bertz CT molecular complexity index is 416. The van der Waals surface area contributed by atoms with Gasteiger partial charge in [-0.2, -0.15) is 0 Å². The van der Waals surface area contributed by atoms with Gasteiger partial charge < -0.3 is 15.5 Å². The molecule has 0 atom stereocenters. The molecular formula is C11H16N2O4. The van der Waals surface area contributed by atoms with Gasteiger partial charge in [-0.05, 0) is 25.5 Å². The van der Waals surface area contributed by atoms with Crippen LogP contribution in [0.1, 0.15) is 12.5 Å². The maximum atomic E-state index is 10.9. The first-order valence-corrected chi connectivity index (χ1v) is 5.17. The second-order valence-electron chi connectivity index (χ2n) is 4.28.